The first-order valence-corrected chi connectivity index (χ1v) is 7.40. The van der Waals surface area contributed by atoms with Gasteiger partial charge < -0.3 is 5.11 Å². The van der Waals surface area contributed by atoms with Crippen LogP contribution < -0.4 is 0 Å². The van der Waals surface area contributed by atoms with Gasteiger partial charge in [0.25, 0.3) is 0 Å². The Balaban J connectivity index is 1.78. The number of benzene rings is 1. The molecule has 0 aliphatic rings. The van der Waals surface area contributed by atoms with Gasteiger partial charge in [-0.3, -0.25) is 4.68 Å². The van der Waals surface area contributed by atoms with Gasteiger partial charge >= 0.3 is 0 Å². The summed E-state index contributed by atoms with van der Waals surface area (Å²) in [6.45, 7) is 2.90. The van der Waals surface area contributed by atoms with Crippen LogP contribution in [-0.2, 0) is 13.2 Å². The lowest BCUT2D eigenvalue weighted by Gasteiger charge is -2.04. The monoisotopic (exact) mass is 284 g/mol. The van der Waals surface area contributed by atoms with Gasteiger partial charge in [0.1, 0.15) is 0 Å². The smallest absolute Gasteiger partial charge is 0.0712 e. The van der Waals surface area contributed by atoms with Gasteiger partial charge in [0.15, 0.2) is 0 Å². The third-order valence-corrected chi connectivity index (χ3v) is 4.36. The normalized spacial score (nSPS) is 10.9. The molecule has 0 aliphatic carbocycles. The summed E-state index contributed by atoms with van der Waals surface area (Å²) in [5, 5.41) is 15.4. The number of thiophene rings is 1. The van der Waals surface area contributed by atoms with Gasteiger partial charge in [-0.1, -0.05) is 24.3 Å². The second-order valence-corrected chi connectivity index (χ2v) is 5.75. The molecule has 0 amide bonds. The molecule has 3 nitrogen and oxygen atoms in total. The molecule has 1 aromatic carbocycles. The molecule has 0 radical (unpaired) electrons. The Morgan fingerprint density at radius 2 is 1.95 bits per heavy atom. The first-order chi connectivity index (χ1) is 9.76. The number of nitrogens with zero attached hydrogens (tertiary/aromatic N) is 2. The Bertz CT molecular complexity index is 697. The van der Waals surface area contributed by atoms with Gasteiger partial charge in [-0.25, -0.2) is 0 Å². The lowest BCUT2D eigenvalue weighted by Crippen LogP contribution is -1.99. The predicted molar refractivity (Wildman–Crippen MR) is 81.7 cm³/mol. The fourth-order valence-electron chi connectivity index (χ4n) is 2.19. The van der Waals surface area contributed by atoms with Crippen LogP contribution in [0.2, 0.25) is 0 Å². The summed E-state index contributed by atoms with van der Waals surface area (Å²) < 4.78 is 1.84. The minimum absolute atomic E-state index is 0.0383. The summed E-state index contributed by atoms with van der Waals surface area (Å²) in [5.41, 5.74) is 4.63. The van der Waals surface area contributed by atoms with Crippen LogP contribution in [0, 0.1) is 6.92 Å². The molecule has 4 heteroatoms. The molecule has 0 saturated heterocycles. The van der Waals surface area contributed by atoms with Crippen molar-refractivity contribution in [3.63, 3.8) is 0 Å². The minimum Gasteiger partial charge on any atom is -0.392 e. The molecule has 20 heavy (non-hydrogen) atoms. The molecule has 3 aromatic rings. The highest BCUT2D eigenvalue weighted by molar-refractivity contribution is 7.13. The Kier molecular flexibility index (Phi) is 3.67. The molecule has 3 rings (SSSR count). The quantitative estimate of drug-likeness (QED) is 0.796. The number of aryl methyl sites for hydroxylation is 1. The average molecular weight is 284 g/mol. The van der Waals surface area contributed by atoms with Gasteiger partial charge in [-0.15, -0.1) is 11.3 Å². The van der Waals surface area contributed by atoms with Crippen LogP contribution in [0.25, 0.3) is 10.4 Å². The van der Waals surface area contributed by atoms with Crippen molar-refractivity contribution in [2.24, 2.45) is 0 Å². The maximum Gasteiger partial charge on any atom is 0.0712 e. The van der Waals surface area contributed by atoms with E-state index in [1.165, 1.54) is 21.6 Å². The van der Waals surface area contributed by atoms with Crippen LogP contribution in [0.1, 0.15) is 16.7 Å². The van der Waals surface area contributed by atoms with Crippen molar-refractivity contribution in [2.45, 2.75) is 20.1 Å². The average Bonchev–Trinajstić information content (AvgIpc) is 3.09. The lowest BCUT2D eigenvalue weighted by molar-refractivity contribution is 0.281. The number of rotatable bonds is 4. The van der Waals surface area contributed by atoms with E-state index >= 15 is 0 Å². The molecule has 0 unspecified atom stereocenters. The Morgan fingerprint density at radius 1 is 1.15 bits per heavy atom. The zero-order valence-electron chi connectivity index (χ0n) is 11.3. The molecule has 102 valence electrons. The molecule has 0 atom stereocenters. The van der Waals surface area contributed by atoms with Gasteiger partial charge in [-0.2, -0.15) is 5.10 Å². The highest BCUT2D eigenvalue weighted by Crippen LogP contribution is 2.29. The second kappa shape index (κ2) is 5.61. The van der Waals surface area contributed by atoms with E-state index in [1.54, 1.807) is 17.5 Å². The maximum absolute atomic E-state index is 9.03. The molecular formula is C16H16N2OS. The fourth-order valence-corrected chi connectivity index (χ4v) is 3.13. The molecule has 1 N–H and O–H groups in total. The first-order valence-electron chi connectivity index (χ1n) is 6.52. The van der Waals surface area contributed by atoms with Crippen molar-refractivity contribution in [3.8, 4) is 10.4 Å². The summed E-state index contributed by atoms with van der Waals surface area (Å²) in [5.74, 6) is 0. The molecule has 0 fully saturated rings. The molecule has 2 aromatic heterocycles. The number of hydrogen-bond donors (Lipinski definition) is 1. The van der Waals surface area contributed by atoms with Crippen LogP contribution in [0.4, 0.5) is 0 Å². The van der Waals surface area contributed by atoms with Crippen molar-refractivity contribution in [1.82, 2.24) is 9.78 Å². The highest BCUT2D eigenvalue weighted by Gasteiger charge is 2.04. The molecular weight excluding hydrogens is 268 g/mol. The Labute approximate surface area is 122 Å². The van der Waals surface area contributed by atoms with E-state index in [1.807, 2.05) is 10.9 Å². The van der Waals surface area contributed by atoms with Crippen LogP contribution >= 0.6 is 11.3 Å². The number of aliphatic hydroxyl groups excluding tert-OH is 1. The summed E-state index contributed by atoms with van der Waals surface area (Å²) in [6.07, 6.45) is 3.57. The predicted octanol–water partition coefficient (Wildman–Crippen LogP) is 3.46. The van der Waals surface area contributed by atoms with Gasteiger partial charge in [-0.05, 0) is 35.1 Å². The highest BCUT2D eigenvalue weighted by atomic mass is 32.1. The molecule has 0 aliphatic heterocycles. The summed E-state index contributed by atoms with van der Waals surface area (Å²) in [4.78, 5) is 1.33. The van der Waals surface area contributed by atoms with Crippen LogP contribution in [0.5, 0.6) is 0 Å². The van der Waals surface area contributed by atoms with Crippen LogP contribution in [0.15, 0.2) is 48.1 Å². The topological polar surface area (TPSA) is 38.0 Å². The molecule has 0 spiro atoms. The number of aliphatic hydroxyl groups is 1. The third kappa shape index (κ3) is 2.66. The summed E-state index contributed by atoms with van der Waals surface area (Å²) in [7, 11) is 0. The van der Waals surface area contributed by atoms with E-state index in [-0.39, 0.29) is 6.61 Å². The van der Waals surface area contributed by atoms with Gasteiger partial charge in [0, 0.05) is 16.6 Å². The van der Waals surface area contributed by atoms with E-state index in [2.05, 4.69) is 47.7 Å². The van der Waals surface area contributed by atoms with Gasteiger partial charge in [0.05, 0.1) is 19.3 Å². The second-order valence-electron chi connectivity index (χ2n) is 4.83. The third-order valence-electron chi connectivity index (χ3n) is 3.29. The standard InChI is InChI=1S/C16H16N2OS/c1-12-6-7-20-16(12)15-4-2-13(3-5-15)9-18-10-14(11-19)8-17-18/h2-8,10,19H,9,11H2,1H3. The largest absolute Gasteiger partial charge is 0.392 e. The Hall–Kier alpha value is -1.91. The van der Waals surface area contributed by atoms with E-state index < -0.39 is 0 Å². The van der Waals surface area contributed by atoms with Crippen molar-refractivity contribution < 1.29 is 5.11 Å². The lowest BCUT2D eigenvalue weighted by atomic mass is 10.1. The number of aromatic nitrogens is 2. The van der Waals surface area contributed by atoms with Crippen LogP contribution in [-0.4, -0.2) is 14.9 Å². The van der Waals surface area contributed by atoms with Crippen molar-refractivity contribution in [1.29, 1.82) is 0 Å². The molecule has 0 saturated carbocycles. The van der Waals surface area contributed by atoms with Gasteiger partial charge in [0.2, 0.25) is 0 Å². The van der Waals surface area contributed by atoms with E-state index in [9.17, 15) is 0 Å². The van der Waals surface area contributed by atoms with Crippen molar-refractivity contribution >= 4 is 11.3 Å². The van der Waals surface area contributed by atoms with Crippen molar-refractivity contribution in [3.05, 3.63) is 64.8 Å². The SMILES string of the molecule is Cc1ccsc1-c1ccc(Cn2cc(CO)cn2)cc1. The van der Waals surface area contributed by atoms with E-state index in [0.29, 0.717) is 0 Å². The number of hydrogen-bond acceptors (Lipinski definition) is 3. The molecule has 0 bridgehead atoms. The van der Waals surface area contributed by atoms with Crippen LogP contribution in [0.3, 0.4) is 0 Å². The van der Waals surface area contributed by atoms with E-state index in [0.717, 1.165) is 12.1 Å². The summed E-state index contributed by atoms with van der Waals surface area (Å²) in [6, 6.07) is 10.7. The first kappa shape index (κ1) is 13.1. The summed E-state index contributed by atoms with van der Waals surface area (Å²) >= 11 is 1.77. The molecule has 2 heterocycles. The van der Waals surface area contributed by atoms with E-state index in [4.69, 9.17) is 5.11 Å². The van der Waals surface area contributed by atoms with Crippen molar-refractivity contribution in [2.75, 3.05) is 0 Å². The Morgan fingerprint density at radius 3 is 2.55 bits per heavy atom. The minimum atomic E-state index is 0.0383. The zero-order chi connectivity index (χ0) is 13.9. The zero-order valence-corrected chi connectivity index (χ0v) is 12.1. The maximum atomic E-state index is 9.03. The fraction of sp³-hybridized carbons (Fsp3) is 0.188.